The molecule has 0 aliphatic heterocycles. The van der Waals surface area contributed by atoms with Gasteiger partial charge in [0.15, 0.2) is 11.0 Å². The molecule has 0 fully saturated rings. The Morgan fingerprint density at radius 3 is 2.57 bits per heavy atom. The highest BCUT2D eigenvalue weighted by Gasteiger charge is 2.16. The summed E-state index contributed by atoms with van der Waals surface area (Å²) in [5.74, 6) is 1.35. The Balaban J connectivity index is 1.48. The van der Waals surface area contributed by atoms with Gasteiger partial charge in [-0.3, -0.25) is 4.79 Å². The number of phenolic OH excluding ortho intramolecular Hbond substituents is 1. The fourth-order valence-electron chi connectivity index (χ4n) is 3.62. The summed E-state index contributed by atoms with van der Waals surface area (Å²) in [7, 11) is 1.88. The molecule has 0 bridgehead atoms. The number of H-pyrrole nitrogens is 1. The van der Waals surface area contributed by atoms with Crippen molar-refractivity contribution in [3.8, 4) is 17.1 Å². The molecule has 0 atom stereocenters. The molecular weight excluding hydrogens is 396 g/mol. The van der Waals surface area contributed by atoms with E-state index in [-0.39, 0.29) is 11.3 Å². The number of aromatic hydroxyl groups is 1. The predicted molar refractivity (Wildman–Crippen MR) is 120 cm³/mol. The maximum Gasteiger partial charge on any atom is 0.248 e. The van der Waals surface area contributed by atoms with E-state index in [0.717, 1.165) is 27.2 Å². The molecule has 0 aliphatic rings. The van der Waals surface area contributed by atoms with Crippen molar-refractivity contribution >= 4 is 33.4 Å². The van der Waals surface area contributed by atoms with E-state index in [9.17, 15) is 9.90 Å². The van der Waals surface area contributed by atoms with E-state index in [1.807, 2.05) is 66.2 Å². The molecule has 2 heterocycles. The number of hydrogen-bond acceptors (Lipinski definition) is 5. The van der Waals surface area contributed by atoms with Gasteiger partial charge in [-0.25, -0.2) is 0 Å². The zero-order valence-electron chi connectivity index (χ0n) is 16.2. The normalized spacial score (nSPS) is 11.4. The maximum atomic E-state index is 12.0. The third kappa shape index (κ3) is 3.23. The fraction of sp³-hybridized carbons (Fsp3) is 0.0870. The van der Waals surface area contributed by atoms with Gasteiger partial charge in [-0.15, -0.1) is 10.2 Å². The van der Waals surface area contributed by atoms with Gasteiger partial charge >= 0.3 is 0 Å². The highest BCUT2D eigenvalue weighted by molar-refractivity contribution is 7.98. The van der Waals surface area contributed by atoms with Crippen LogP contribution in [0, 0.1) is 0 Å². The molecule has 2 aromatic heterocycles. The first-order chi connectivity index (χ1) is 14.6. The highest BCUT2D eigenvalue weighted by atomic mass is 32.2. The van der Waals surface area contributed by atoms with Gasteiger partial charge in [0, 0.05) is 29.8 Å². The molecular formula is C23H18N4O2S. The third-order valence-electron chi connectivity index (χ3n) is 5.13. The van der Waals surface area contributed by atoms with Gasteiger partial charge in [0.05, 0.1) is 5.56 Å². The lowest BCUT2D eigenvalue weighted by molar-refractivity contribution is 0.477. The molecule has 0 amide bonds. The Hall–Kier alpha value is -3.58. The Labute approximate surface area is 176 Å². The summed E-state index contributed by atoms with van der Waals surface area (Å²) in [4.78, 5) is 14.9. The standard InChI is InChI=1S/C23H18N4O2S/c1-27-22(18-10-14-6-2-3-7-15(14)11-20(18)28)25-26-23(27)30-13-16-12-21(29)24-19-9-5-4-8-17(16)19/h2-12,28H,13H2,1H3,(H,24,29). The van der Waals surface area contributed by atoms with Crippen molar-refractivity contribution in [2.24, 2.45) is 7.05 Å². The van der Waals surface area contributed by atoms with Crippen molar-refractivity contribution in [1.29, 1.82) is 0 Å². The van der Waals surface area contributed by atoms with Crippen LogP contribution in [0.1, 0.15) is 5.56 Å². The monoisotopic (exact) mass is 414 g/mol. The van der Waals surface area contributed by atoms with Gasteiger partial charge in [-0.1, -0.05) is 54.2 Å². The third-order valence-corrected chi connectivity index (χ3v) is 6.20. The lowest BCUT2D eigenvalue weighted by atomic mass is 10.1. The van der Waals surface area contributed by atoms with E-state index < -0.39 is 0 Å². The predicted octanol–water partition coefficient (Wildman–Crippen LogP) is 4.47. The summed E-state index contributed by atoms with van der Waals surface area (Å²) in [6, 6.07) is 20.9. The van der Waals surface area contributed by atoms with Crippen molar-refractivity contribution in [3.63, 3.8) is 0 Å². The second-order valence-electron chi connectivity index (χ2n) is 7.07. The summed E-state index contributed by atoms with van der Waals surface area (Å²) in [6.07, 6.45) is 0. The van der Waals surface area contributed by atoms with E-state index in [1.54, 1.807) is 12.1 Å². The number of benzene rings is 3. The maximum absolute atomic E-state index is 12.0. The molecule has 3 aromatic carbocycles. The summed E-state index contributed by atoms with van der Waals surface area (Å²) in [6.45, 7) is 0. The molecule has 0 unspecified atom stereocenters. The van der Waals surface area contributed by atoms with Crippen LogP contribution in [-0.2, 0) is 12.8 Å². The number of fused-ring (bicyclic) bond motifs is 2. The molecule has 6 nitrogen and oxygen atoms in total. The largest absolute Gasteiger partial charge is 0.507 e. The Bertz CT molecular complexity index is 1460. The molecule has 5 rings (SSSR count). The summed E-state index contributed by atoms with van der Waals surface area (Å²) < 4.78 is 1.86. The average Bonchev–Trinajstić information content (AvgIpc) is 3.11. The van der Waals surface area contributed by atoms with E-state index in [0.29, 0.717) is 22.3 Å². The van der Waals surface area contributed by atoms with Crippen LogP contribution < -0.4 is 5.56 Å². The van der Waals surface area contributed by atoms with Crippen LogP contribution in [0.5, 0.6) is 5.75 Å². The Kier molecular flexibility index (Phi) is 4.52. The van der Waals surface area contributed by atoms with Crippen molar-refractivity contribution in [2.45, 2.75) is 10.9 Å². The van der Waals surface area contributed by atoms with Crippen molar-refractivity contribution < 1.29 is 5.11 Å². The van der Waals surface area contributed by atoms with Crippen molar-refractivity contribution in [2.75, 3.05) is 0 Å². The lowest BCUT2D eigenvalue weighted by Gasteiger charge is -2.08. The van der Waals surface area contributed by atoms with Crippen LogP contribution in [0.4, 0.5) is 0 Å². The molecule has 5 aromatic rings. The summed E-state index contributed by atoms with van der Waals surface area (Å²) in [5.41, 5.74) is 2.28. The van der Waals surface area contributed by atoms with Crippen molar-refractivity contribution in [1.82, 2.24) is 19.7 Å². The number of para-hydroxylation sites is 1. The SMILES string of the molecule is Cn1c(SCc2cc(=O)[nH]c3ccccc23)nnc1-c1cc2ccccc2cc1O. The number of hydrogen-bond donors (Lipinski definition) is 2. The van der Waals surface area contributed by atoms with Crippen LogP contribution in [0.25, 0.3) is 33.1 Å². The van der Waals surface area contributed by atoms with Crippen LogP contribution in [-0.4, -0.2) is 24.9 Å². The quantitative estimate of drug-likeness (QED) is 0.424. The Morgan fingerprint density at radius 1 is 1.00 bits per heavy atom. The molecule has 0 saturated carbocycles. The van der Waals surface area contributed by atoms with Crippen LogP contribution in [0.15, 0.2) is 76.7 Å². The molecule has 0 aliphatic carbocycles. The molecule has 0 spiro atoms. The number of pyridine rings is 1. The summed E-state index contributed by atoms with van der Waals surface area (Å²) in [5, 5.41) is 22.9. The number of nitrogens with zero attached hydrogens (tertiary/aromatic N) is 3. The Morgan fingerprint density at radius 2 is 1.73 bits per heavy atom. The fourth-order valence-corrected chi connectivity index (χ4v) is 4.52. The molecule has 2 N–H and O–H groups in total. The second kappa shape index (κ2) is 7.35. The first-order valence-corrected chi connectivity index (χ1v) is 10.4. The average molecular weight is 414 g/mol. The molecule has 30 heavy (non-hydrogen) atoms. The van der Waals surface area contributed by atoms with Gasteiger partial charge in [-0.2, -0.15) is 0 Å². The molecule has 0 radical (unpaired) electrons. The van der Waals surface area contributed by atoms with Gasteiger partial charge in [0.25, 0.3) is 0 Å². The smallest absolute Gasteiger partial charge is 0.248 e. The summed E-state index contributed by atoms with van der Waals surface area (Å²) >= 11 is 1.50. The van der Waals surface area contributed by atoms with E-state index in [1.165, 1.54) is 11.8 Å². The van der Waals surface area contributed by atoms with Crippen LogP contribution >= 0.6 is 11.8 Å². The van der Waals surface area contributed by atoms with Gasteiger partial charge in [0.2, 0.25) is 5.56 Å². The van der Waals surface area contributed by atoms with E-state index in [4.69, 9.17) is 0 Å². The number of aromatic amines is 1. The molecule has 7 heteroatoms. The van der Waals surface area contributed by atoms with E-state index >= 15 is 0 Å². The zero-order valence-corrected chi connectivity index (χ0v) is 17.0. The topological polar surface area (TPSA) is 83.8 Å². The van der Waals surface area contributed by atoms with Gasteiger partial charge in [-0.05, 0) is 34.5 Å². The van der Waals surface area contributed by atoms with Crippen molar-refractivity contribution in [3.05, 3.63) is 82.6 Å². The van der Waals surface area contributed by atoms with Crippen LogP contribution in [0.2, 0.25) is 0 Å². The first-order valence-electron chi connectivity index (χ1n) is 9.45. The second-order valence-corrected chi connectivity index (χ2v) is 8.02. The zero-order chi connectivity index (χ0) is 20.7. The highest BCUT2D eigenvalue weighted by Crippen LogP contribution is 2.34. The minimum Gasteiger partial charge on any atom is -0.507 e. The van der Waals surface area contributed by atoms with Gasteiger partial charge < -0.3 is 14.7 Å². The lowest BCUT2D eigenvalue weighted by Crippen LogP contribution is -2.06. The minimum atomic E-state index is -0.121. The van der Waals surface area contributed by atoms with Crippen LogP contribution in [0.3, 0.4) is 0 Å². The number of nitrogens with one attached hydrogen (secondary N) is 1. The number of rotatable bonds is 4. The first kappa shape index (κ1) is 18.4. The number of thioether (sulfide) groups is 1. The molecule has 0 saturated heterocycles. The number of aromatic nitrogens is 4. The minimum absolute atomic E-state index is 0.121. The number of phenols is 1. The van der Waals surface area contributed by atoms with Gasteiger partial charge in [0.1, 0.15) is 5.75 Å². The molecule has 148 valence electrons. The van der Waals surface area contributed by atoms with E-state index in [2.05, 4.69) is 15.2 Å².